The Morgan fingerprint density at radius 2 is 1.90 bits per heavy atom. The molecule has 7 heteroatoms. The maximum absolute atomic E-state index is 12.8. The first-order chi connectivity index (χ1) is 15.0. The van der Waals surface area contributed by atoms with Crippen molar-refractivity contribution in [2.24, 2.45) is 0 Å². The van der Waals surface area contributed by atoms with Crippen LogP contribution in [-0.2, 0) is 11.3 Å². The second-order valence-corrected chi connectivity index (χ2v) is 7.72. The molecule has 0 unspecified atom stereocenters. The summed E-state index contributed by atoms with van der Waals surface area (Å²) in [6.45, 7) is 2.60. The standard InChI is InChI=1S/C24H22ClN3O3/c1-2-11-28(14-22-26-21-13-18(25)8-10-20(21)24(30)27-22)23(29)15-31-19-9-7-16-5-3-4-6-17(16)12-19/h3-10,12-13H,2,11,14-15H2,1H3,(H,26,27,30). The van der Waals surface area contributed by atoms with Gasteiger partial charge in [0, 0.05) is 11.6 Å². The van der Waals surface area contributed by atoms with Crippen LogP contribution in [0.15, 0.2) is 65.5 Å². The lowest BCUT2D eigenvalue weighted by molar-refractivity contribution is -0.134. The summed E-state index contributed by atoms with van der Waals surface area (Å²) in [4.78, 5) is 34.1. The molecule has 31 heavy (non-hydrogen) atoms. The van der Waals surface area contributed by atoms with Crippen molar-refractivity contribution in [2.45, 2.75) is 19.9 Å². The molecular formula is C24H22ClN3O3. The Morgan fingerprint density at radius 3 is 2.71 bits per heavy atom. The number of fused-ring (bicyclic) bond motifs is 2. The summed E-state index contributed by atoms with van der Waals surface area (Å²) >= 11 is 6.03. The predicted molar refractivity (Wildman–Crippen MR) is 123 cm³/mol. The highest BCUT2D eigenvalue weighted by Crippen LogP contribution is 2.21. The predicted octanol–water partition coefficient (Wildman–Crippen LogP) is 4.55. The molecule has 0 bridgehead atoms. The number of amides is 1. The first-order valence-corrected chi connectivity index (χ1v) is 10.5. The topological polar surface area (TPSA) is 75.3 Å². The van der Waals surface area contributed by atoms with Gasteiger partial charge in [0.05, 0.1) is 17.4 Å². The zero-order valence-corrected chi connectivity index (χ0v) is 17.9. The van der Waals surface area contributed by atoms with Gasteiger partial charge < -0.3 is 14.6 Å². The van der Waals surface area contributed by atoms with Gasteiger partial charge in [-0.2, -0.15) is 0 Å². The molecule has 1 aromatic heterocycles. The van der Waals surface area contributed by atoms with E-state index in [2.05, 4.69) is 9.97 Å². The minimum atomic E-state index is -0.257. The van der Waals surface area contributed by atoms with Crippen LogP contribution in [0.4, 0.5) is 0 Å². The molecule has 158 valence electrons. The van der Waals surface area contributed by atoms with Crippen LogP contribution in [0, 0.1) is 0 Å². The fourth-order valence-corrected chi connectivity index (χ4v) is 3.64. The van der Waals surface area contributed by atoms with E-state index in [1.54, 1.807) is 23.1 Å². The van der Waals surface area contributed by atoms with Crippen LogP contribution in [0.1, 0.15) is 19.2 Å². The molecule has 0 radical (unpaired) electrons. The van der Waals surface area contributed by atoms with E-state index in [4.69, 9.17) is 16.3 Å². The molecule has 0 aliphatic rings. The minimum Gasteiger partial charge on any atom is -0.484 e. The number of benzene rings is 3. The number of rotatable bonds is 7. The number of carbonyl (C=O) groups is 1. The van der Waals surface area contributed by atoms with Gasteiger partial charge in [0.15, 0.2) is 6.61 Å². The number of ether oxygens (including phenoxy) is 1. The molecule has 0 aliphatic heterocycles. The Hall–Kier alpha value is -3.38. The molecule has 1 amide bonds. The fourth-order valence-electron chi connectivity index (χ4n) is 3.47. The largest absolute Gasteiger partial charge is 0.484 e. The van der Waals surface area contributed by atoms with Gasteiger partial charge in [0.2, 0.25) is 0 Å². The zero-order valence-electron chi connectivity index (χ0n) is 17.1. The van der Waals surface area contributed by atoms with Crippen LogP contribution in [0.3, 0.4) is 0 Å². The number of H-pyrrole nitrogens is 1. The first-order valence-electron chi connectivity index (χ1n) is 10.1. The van der Waals surface area contributed by atoms with Crippen molar-refractivity contribution in [1.82, 2.24) is 14.9 Å². The SMILES string of the molecule is CCCN(Cc1nc2cc(Cl)ccc2c(=O)[nH]1)C(=O)COc1ccc2ccccc2c1. The molecule has 1 N–H and O–H groups in total. The number of aromatic amines is 1. The number of hydrogen-bond donors (Lipinski definition) is 1. The molecule has 0 spiro atoms. The number of nitrogens with zero attached hydrogens (tertiary/aromatic N) is 2. The van der Waals surface area contributed by atoms with E-state index < -0.39 is 0 Å². The quantitative estimate of drug-likeness (QED) is 0.462. The van der Waals surface area contributed by atoms with E-state index in [0.717, 1.165) is 17.2 Å². The highest BCUT2D eigenvalue weighted by Gasteiger charge is 2.16. The lowest BCUT2D eigenvalue weighted by atomic mass is 10.1. The summed E-state index contributed by atoms with van der Waals surface area (Å²) in [5.41, 5.74) is 0.246. The second-order valence-electron chi connectivity index (χ2n) is 7.29. The van der Waals surface area contributed by atoms with Gasteiger partial charge in [-0.05, 0) is 47.5 Å². The molecule has 0 aliphatic carbocycles. The zero-order chi connectivity index (χ0) is 21.8. The van der Waals surface area contributed by atoms with E-state index >= 15 is 0 Å². The summed E-state index contributed by atoms with van der Waals surface area (Å²) in [5, 5.41) is 3.12. The van der Waals surface area contributed by atoms with Gasteiger partial charge in [0.25, 0.3) is 11.5 Å². The van der Waals surface area contributed by atoms with E-state index in [1.165, 1.54) is 0 Å². The monoisotopic (exact) mass is 435 g/mol. The molecule has 0 saturated heterocycles. The number of nitrogens with one attached hydrogen (secondary N) is 1. The van der Waals surface area contributed by atoms with E-state index in [-0.39, 0.29) is 24.6 Å². The van der Waals surface area contributed by atoms with Crippen molar-refractivity contribution >= 4 is 39.2 Å². The lowest BCUT2D eigenvalue weighted by Crippen LogP contribution is -2.36. The highest BCUT2D eigenvalue weighted by molar-refractivity contribution is 6.31. The Bertz CT molecular complexity index is 1300. The van der Waals surface area contributed by atoms with Crippen LogP contribution in [0.5, 0.6) is 5.75 Å². The van der Waals surface area contributed by atoms with E-state index in [0.29, 0.717) is 34.0 Å². The van der Waals surface area contributed by atoms with Gasteiger partial charge in [0.1, 0.15) is 11.6 Å². The molecule has 4 aromatic rings. The minimum absolute atomic E-state index is 0.0953. The number of hydrogen-bond acceptors (Lipinski definition) is 4. The van der Waals surface area contributed by atoms with Gasteiger partial charge in [-0.3, -0.25) is 9.59 Å². The molecule has 0 atom stereocenters. The summed E-state index contributed by atoms with van der Waals surface area (Å²) < 4.78 is 5.75. The molecule has 1 heterocycles. The lowest BCUT2D eigenvalue weighted by Gasteiger charge is -2.22. The fraction of sp³-hybridized carbons (Fsp3) is 0.208. The van der Waals surface area contributed by atoms with Gasteiger partial charge >= 0.3 is 0 Å². The van der Waals surface area contributed by atoms with E-state index in [9.17, 15) is 9.59 Å². The van der Waals surface area contributed by atoms with Crippen molar-refractivity contribution < 1.29 is 9.53 Å². The maximum Gasteiger partial charge on any atom is 0.260 e. The second kappa shape index (κ2) is 9.18. The third kappa shape index (κ3) is 4.86. The van der Waals surface area contributed by atoms with Crippen molar-refractivity contribution in [3.05, 3.63) is 81.9 Å². The molecule has 0 fully saturated rings. The van der Waals surface area contributed by atoms with Gasteiger partial charge in [-0.1, -0.05) is 48.9 Å². The van der Waals surface area contributed by atoms with Crippen molar-refractivity contribution in [3.8, 4) is 5.75 Å². The van der Waals surface area contributed by atoms with Crippen LogP contribution in [0.25, 0.3) is 21.7 Å². The van der Waals surface area contributed by atoms with Crippen LogP contribution in [-0.4, -0.2) is 33.9 Å². The average Bonchev–Trinajstić information content (AvgIpc) is 2.76. The number of carbonyl (C=O) groups excluding carboxylic acids is 1. The Kier molecular flexibility index (Phi) is 6.18. The number of halogens is 1. The van der Waals surface area contributed by atoms with Crippen LogP contribution in [0.2, 0.25) is 5.02 Å². The Morgan fingerprint density at radius 1 is 1.10 bits per heavy atom. The molecule has 6 nitrogen and oxygen atoms in total. The Balaban J connectivity index is 1.49. The van der Waals surface area contributed by atoms with Crippen LogP contribution >= 0.6 is 11.6 Å². The summed E-state index contributed by atoms with van der Waals surface area (Å²) in [7, 11) is 0. The summed E-state index contributed by atoms with van der Waals surface area (Å²) in [6.07, 6.45) is 0.769. The third-order valence-corrected chi connectivity index (χ3v) is 5.22. The molecule has 0 saturated carbocycles. The Labute approximate surface area is 184 Å². The third-order valence-electron chi connectivity index (χ3n) is 4.99. The normalized spacial score (nSPS) is 11.0. The smallest absolute Gasteiger partial charge is 0.260 e. The van der Waals surface area contributed by atoms with Crippen molar-refractivity contribution in [2.75, 3.05) is 13.2 Å². The van der Waals surface area contributed by atoms with E-state index in [1.807, 2.05) is 49.4 Å². The average molecular weight is 436 g/mol. The highest BCUT2D eigenvalue weighted by atomic mass is 35.5. The van der Waals surface area contributed by atoms with Crippen molar-refractivity contribution in [3.63, 3.8) is 0 Å². The van der Waals surface area contributed by atoms with Crippen molar-refractivity contribution in [1.29, 1.82) is 0 Å². The van der Waals surface area contributed by atoms with Gasteiger partial charge in [-0.25, -0.2) is 4.98 Å². The van der Waals surface area contributed by atoms with Crippen LogP contribution < -0.4 is 10.3 Å². The maximum atomic E-state index is 12.8. The summed E-state index contributed by atoms with van der Waals surface area (Å²) in [5.74, 6) is 0.867. The number of aromatic nitrogens is 2. The first kappa shape index (κ1) is 20.9. The molecule has 4 rings (SSSR count). The molecular weight excluding hydrogens is 414 g/mol. The summed E-state index contributed by atoms with van der Waals surface area (Å²) in [6, 6.07) is 18.6. The molecule has 3 aromatic carbocycles. The van der Waals surface area contributed by atoms with Gasteiger partial charge in [-0.15, -0.1) is 0 Å².